The molecule has 1 aromatic heterocycles. The molecule has 22 heavy (non-hydrogen) atoms. The Labute approximate surface area is 138 Å². The molecule has 0 unspecified atom stereocenters. The van der Waals surface area contributed by atoms with Crippen molar-refractivity contribution in [3.8, 4) is 0 Å². The predicted molar refractivity (Wildman–Crippen MR) is 90.4 cm³/mol. The van der Waals surface area contributed by atoms with Crippen LogP contribution in [-0.2, 0) is 11.3 Å². The second-order valence-electron chi connectivity index (χ2n) is 4.69. The first-order chi connectivity index (χ1) is 10.5. The summed E-state index contributed by atoms with van der Waals surface area (Å²) < 4.78 is 1.92. The van der Waals surface area contributed by atoms with E-state index < -0.39 is 0 Å². The average molecular weight is 337 g/mol. The van der Waals surface area contributed by atoms with Crippen LogP contribution >= 0.6 is 23.4 Å². The first kappa shape index (κ1) is 16.6. The summed E-state index contributed by atoms with van der Waals surface area (Å²) in [5.41, 5.74) is 0.675. The van der Waals surface area contributed by atoms with Gasteiger partial charge in [-0.05, 0) is 32.0 Å². The van der Waals surface area contributed by atoms with Gasteiger partial charge in [0.2, 0.25) is 5.91 Å². The van der Waals surface area contributed by atoms with Gasteiger partial charge in [-0.3, -0.25) is 4.79 Å². The van der Waals surface area contributed by atoms with Gasteiger partial charge in [0.15, 0.2) is 5.16 Å². The number of amides is 1. The van der Waals surface area contributed by atoms with Crippen LogP contribution in [0.2, 0.25) is 5.02 Å². The van der Waals surface area contributed by atoms with E-state index >= 15 is 0 Å². The maximum absolute atomic E-state index is 12.3. The number of halogens is 1. The number of carbonyl (C=O) groups is 1. The molecule has 0 spiro atoms. The minimum atomic E-state index is -0.314. The lowest BCUT2D eigenvalue weighted by Gasteiger charge is -2.12. The molecule has 1 N–H and O–H groups in total. The molecule has 0 radical (unpaired) electrons. The van der Waals surface area contributed by atoms with Gasteiger partial charge in [0.25, 0.3) is 0 Å². The molecule has 1 heterocycles. The standard InChI is InChI=1S/C15H17ClN4OS/c1-4-8-20-11(3)18-19-15(20)22-10(2)14(21)17-13-7-5-6-12(16)9-13/h4-7,9-10H,1,8H2,2-3H3,(H,17,21)/t10-/m1/s1. The van der Waals surface area contributed by atoms with Crippen LogP contribution in [0.15, 0.2) is 42.1 Å². The van der Waals surface area contributed by atoms with Crippen molar-refractivity contribution in [1.82, 2.24) is 14.8 Å². The summed E-state index contributed by atoms with van der Waals surface area (Å²) in [4.78, 5) is 12.3. The van der Waals surface area contributed by atoms with E-state index in [0.29, 0.717) is 22.4 Å². The Hall–Kier alpha value is -1.79. The van der Waals surface area contributed by atoms with Crippen LogP contribution in [-0.4, -0.2) is 25.9 Å². The van der Waals surface area contributed by atoms with Crippen LogP contribution in [0.3, 0.4) is 0 Å². The number of allylic oxidation sites excluding steroid dienone is 1. The quantitative estimate of drug-likeness (QED) is 0.647. The number of hydrogen-bond acceptors (Lipinski definition) is 4. The van der Waals surface area contributed by atoms with E-state index in [4.69, 9.17) is 11.6 Å². The van der Waals surface area contributed by atoms with Crippen molar-refractivity contribution in [2.75, 3.05) is 5.32 Å². The highest BCUT2D eigenvalue weighted by Gasteiger charge is 2.19. The smallest absolute Gasteiger partial charge is 0.237 e. The summed E-state index contributed by atoms with van der Waals surface area (Å²) in [5.74, 6) is 0.683. The Kier molecular flexibility index (Phi) is 5.63. The van der Waals surface area contributed by atoms with Gasteiger partial charge in [0.05, 0.1) is 5.25 Å². The van der Waals surface area contributed by atoms with E-state index in [1.165, 1.54) is 11.8 Å². The Bertz CT molecular complexity index is 686. The van der Waals surface area contributed by atoms with Crippen molar-refractivity contribution in [2.45, 2.75) is 30.8 Å². The minimum Gasteiger partial charge on any atom is -0.325 e. The first-order valence-electron chi connectivity index (χ1n) is 6.75. The predicted octanol–water partition coefficient (Wildman–Crippen LogP) is 3.55. The molecule has 0 aliphatic heterocycles. The molecule has 7 heteroatoms. The van der Waals surface area contributed by atoms with Gasteiger partial charge in [-0.2, -0.15) is 0 Å². The topological polar surface area (TPSA) is 59.8 Å². The average Bonchev–Trinajstić information content (AvgIpc) is 2.80. The molecule has 2 aromatic rings. The summed E-state index contributed by atoms with van der Waals surface area (Å²) in [5, 5.41) is 12.0. The molecule has 116 valence electrons. The summed E-state index contributed by atoms with van der Waals surface area (Å²) in [6.45, 7) is 8.03. The summed E-state index contributed by atoms with van der Waals surface area (Å²) in [6, 6.07) is 7.06. The highest BCUT2D eigenvalue weighted by atomic mass is 35.5. The summed E-state index contributed by atoms with van der Waals surface area (Å²) >= 11 is 7.27. The number of carbonyl (C=O) groups excluding carboxylic acids is 1. The van der Waals surface area contributed by atoms with Crippen LogP contribution in [0.5, 0.6) is 0 Å². The van der Waals surface area contributed by atoms with Gasteiger partial charge in [-0.1, -0.05) is 35.5 Å². The number of thioether (sulfide) groups is 1. The Morgan fingerprint density at radius 2 is 2.32 bits per heavy atom. The van der Waals surface area contributed by atoms with Gasteiger partial charge in [-0.25, -0.2) is 0 Å². The van der Waals surface area contributed by atoms with Crippen LogP contribution < -0.4 is 5.32 Å². The van der Waals surface area contributed by atoms with Crippen LogP contribution in [0.4, 0.5) is 5.69 Å². The van der Waals surface area contributed by atoms with Crippen LogP contribution in [0.1, 0.15) is 12.7 Å². The molecule has 1 atom stereocenters. The highest BCUT2D eigenvalue weighted by Crippen LogP contribution is 2.24. The zero-order chi connectivity index (χ0) is 16.1. The molecular weight excluding hydrogens is 320 g/mol. The number of rotatable bonds is 6. The first-order valence-corrected chi connectivity index (χ1v) is 8.01. The summed E-state index contributed by atoms with van der Waals surface area (Å²) in [6.07, 6.45) is 1.77. The van der Waals surface area contributed by atoms with Crippen molar-refractivity contribution in [1.29, 1.82) is 0 Å². The Morgan fingerprint density at radius 1 is 1.55 bits per heavy atom. The fraction of sp³-hybridized carbons (Fsp3) is 0.267. The lowest BCUT2D eigenvalue weighted by Crippen LogP contribution is -2.23. The molecule has 1 amide bonds. The third kappa shape index (κ3) is 4.11. The van der Waals surface area contributed by atoms with Gasteiger partial charge in [0.1, 0.15) is 5.82 Å². The number of anilines is 1. The number of aromatic nitrogens is 3. The Morgan fingerprint density at radius 3 is 3.00 bits per heavy atom. The van der Waals surface area contributed by atoms with E-state index in [-0.39, 0.29) is 11.2 Å². The van der Waals surface area contributed by atoms with E-state index in [2.05, 4.69) is 22.1 Å². The largest absolute Gasteiger partial charge is 0.325 e. The zero-order valence-electron chi connectivity index (χ0n) is 12.4. The minimum absolute atomic E-state index is 0.113. The molecular formula is C15H17ClN4OS. The molecule has 2 rings (SSSR count). The second kappa shape index (κ2) is 7.47. The maximum atomic E-state index is 12.3. The lowest BCUT2D eigenvalue weighted by atomic mass is 10.3. The zero-order valence-corrected chi connectivity index (χ0v) is 14.0. The number of hydrogen-bond donors (Lipinski definition) is 1. The number of benzene rings is 1. The van der Waals surface area contributed by atoms with E-state index in [1.54, 1.807) is 30.3 Å². The normalized spacial score (nSPS) is 12.0. The third-order valence-corrected chi connectivity index (χ3v) is 4.27. The lowest BCUT2D eigenvalue weighted by molar-refractivity contribution is -0.115. The maximum Gasteiger partial charge on any atom is 0.237 e. The molecule has 0 saturated heterocycles. The number of aryl methyl sites for hydroxylation is 1. The molecule has 1 aromatic carbocycles. The van der Waals surface area contributed by atoms with Crippen LogP contribution in [0, 0.1) is 6.92 Å². The van der Waals surface area contributed by atoms with Crippen molar-refractivity contribution in [3.63, 3.8) is 0 Å². The molecule has 0 bridgehead atoms. The molecule has 5 nitrogen and oxygen atoms in total. The van der Waals surface area contributed by atoms with E-state index in [0.717, 1.165) is 5.82 Å². The molecule has 0 fully saturated rings. The van der Waals surface area contributed by atoms with E-state index in [9.17, 15) is 4.79 Å². The molecule has 0 saturated carbocycles. The summed E-state index contributed by atoms with van der Waals surface area (Å²) in [7, 11) is 0. The van der Waals surface area contributed by atoms with E-state index in [1.807, 2.05) is 18.4 Å². The fourth-order valence-electron chi connectivity index (χ4n) is 1.81. The monoisotopic (exact) mass is 336 g/mol. The van der Waals surface area contributed by atoms with Crippen molar-refractivity contribution in [3.05, 3.63) is 47.8 Å². The van der Waals surface area contributed by atoms with Crippen molar-refractivity contribution in [2.24, 2.45) is 0 Å². The molecule has 0 aliphatic carbocycles. The SMILES string of the molecule is C=CCn1c(C)nnc1S[C@H](C)C(=O)Nc1cccc(Cl)c1. The fourth-order valence-corrected chi connectivity index (χ4v) is 2.90. The highest BCUT2D eigenvalue weighted by molar-refractivity contribution is 8.00. The number of nitrogens with one attached hydrogen (secondary N) is 1. The van der Waals surface area contributed by atoms with Crippen molar-refractivity contribution < 1.29 is 4.79 Å². The second-order valence-corrected chi connectivity index (χ2v) is 6.43. The number of nitrogens with zero attached hydrogens (tertiary/aromatic N) is 3. The van der Waals surface area contributed by atoms with Gasteiger partial charge < -0.3 is 9.88 Å². The third-order valence-electron chi connectivity index (χ3n) is 2.96. The van der Waals surface area contributed by atoms with Crippen LogP contribution in [0.25, 0.3) is 0 Å². The van der Waals surface area contributed by atoms with Gasteiger partial charge in [-0.15, -0.1) is 16.8 Å². The van der Waals surface area contributed by atoms with Gasteiger partial charge >= 0.3 is 0 Å². The Balaban J connectivity index is 2.04. The van der Waals surface area contributed by atoms with Crippen molar-refractivity contribution >= 4 is 35.0 Å². The molecule has 0 aliphatic rings. The van der Waals surface area contributed by atoms with Gasteiger partial charge in [0, 0.05) is 17.3 Å².